The summed E-state index contributed by atoms with van der Waals surface area (Å²) in [6.45, 7) is 5.81. The molecular weight excluding hydrogens is 324 g/mol. The van der Waals surface area contributed by atoms with Crippen LogP contribution >= 0.6 is 11.6 Å². The topological polar surface area (TPSA) is 65.5 Å². The van der Waals surface area contributed by atoms with Crippen molar-refractivity contribution in [1.82, 2.24) is 16.0 Å². The molecule has 0 atom stereocenters. The zero-order valence-electron chi connectivity index (χ0n) is 14.7. The monoisotopic (exact) mass is 350 g/mol. The van der Waals surface area contributed by atoms with Crippen LogP contribution in [0.4, 0.5) is 0 Å². The van der Waals surface area contributed by atoms with Crippen molar-refractivity contribution in [2.45, 2.75) is 32.1 Å². The lowest BCUT2D eigenvalue weighted by atomic mass is 9.96. The van der Waals surface area contributed by atoms with E-state index >= 15 is 0 Å². The van der Waals surface area contributed by atoms with Crippen molar-refractivity contribution >= 4 is 23.5 Å². The number of amides is 1. The zero-order chi connectivity index (χ0) is 17.6. The molecule has 0 heterocycles. The Bertz CT molecular complexity index is 596. The highest BCUT2D eigenvalue weighted by molar-refractivity contribution is 6.30. The number of carbonyl (C=O) groups is 1. The third kappa shape index (κ3) is 5.13. The summed E-state index contributed by atoms with van der Waals surface area (Å²) in [5.41, 5.74) is 1.44. The van der Waals surface area contributed by atoms with Crippen molar-refractivity contribution in [3.05, 3.63) is 34.9 Å². The predicted molar refractivity (Wildman–Crippen MR) is 99.6 cm³/mol. The molecule has 3 N–H and O–H groups in total. The first-order valence-electron chi connectivity index (χ1n) is 8.45. The van der Waals surface area contributed by atoms with Gasteiger partial charge >= 0.3 is 0 Å². The molecule has 0 saturated heterocycles. The smallest absolute Gasteiger partial charge is 0.222 e. The van der Waals surface area contributed by atoms with E-state index < -0.39 is 0 Å². The molecule has 1 aromatic rings. The molecular formula is C18H27ClN4O. The fourth-order valence-corrected chi connectivity index (χ4v) is 2.77. The van der Waals surface area contributed by atoms with Crippen LogP contribution in [-0.4, -0.2) is 38.5 Å². The standard InChI is InChI=1S/C18H27ClN4O/c1-13(2)16(24)21-9-10-22-17(20-3)23-12-18(7-8-18)14-5-4-6-15(19)11-14/h4-6,11,13H,7-10,12H2,1-3H3,(H,21,24)(H2,20,22,23). The molecule has 24 heavy (non-hydrogen) atoms. The number of halogens is 1. The molecule has 1 aliphatic rings. The molecule has 0 aromatic heterocycles. The first-order valence-corrected chi connectivity index (χ1v) is 8.83. The average Bonchev–Trinajstić information content (AvgIpc) is 3.35. The third-order valence-electron chi connectivity index (χ3n) is 4.35. The highest BCUT2D eigenvalue weighted by atomic mass is 35.5. The van der Waals surface area contributed by atoms with Gasteiger partial charge in [-0.3, -0.25) is 9.79 Å². The van der Waals surface area contributed by atoms with Crippen LogP contribution in [0, 0.1) is 5.92 Å². The summed E-state index contributed by atoms with van der Waals surface area (Å²) >= 11 is 6.11. The second-order valence-corrected chi connectivity index (χ2v) is 7.03. The van der Waals surface area contributed by atoms with E-state index in [0.717, 1.165) is 30.4 Å². The van der Waals surface area contributed by atoms with Gasteiger partial charge in [0.15, 0.2) is 5.96 Å². The van der Waals surface area contributed by atoms with Gasteiger partial charge in [0.25, 0.3) is 0 Å². The lowest BCUT2D eigenvalue weighted by Gasteiger charge is -2.19. The van der Waals surface area contributed by atoms with E-state index in [2.05, 4.69) is 27.0 Å². The fraction of sp³-hybridized carbons (Fsp3) is 0.556. The molecule has 0 aliphatic heterocycles. The number of benzene rings is 1. The van der Waals surface area contributed by atoms with Gasteiger partial charge in [-0.15, -0.1) is 0 Å². The summed E-state index contributed by atoms with van der Waals surface area (Å²) in [7, 11) is 1.75. The minimum absolute atomic E-state index is 0.00913. The van der Waals surface area contributed by atoms with Crippen molar-refractivity contribution in [2.75, 3.05) is 26.7 Å². The van der Waals surface area contributed by atoms with E-state index in [1.165, 1.54) is 5.56 Å². The number of guanidine groups is 1. The molecule has 132 valence electrons. The quantitative estimate of drug-likeness (QED) is 0.401. The number of nitrogens with one attached hydrogen (secondary N) is 3. The molecule has 1 fully saturated rings. The van der Waals surface area contributed by atoms with Crippen molar-refractivity contribution in [3.63, 3.8) is 0 Å². The Labute approximate surface area is 149 Å². The van der Waals surface area contributed by atoms with Gasteiger partial charge in [-0.05, 0) is 30.5 Å². The van der Waals surface area contributed by atoms with Crippen LogP contribution in [0.1, 0.15) is 32.3 Å². The number of nitrogens with zero attached hydrogens (tertiary/aromatic N) is 1. The van der Waals surface area contributed by atoms with Crippen LogP contribution < -0.4 is 16.0 Å². The number of carbonyl (C=O) groups excluding carboxylic acids is 1. The fourth-order valence-electron chi connectivity index (χ4n) is 2.58. The average molecular weight is 351 g/mol. The molecule has 1 saturated carbocycles. The maximum atomic E-state index is 11.5. The van der Waals surface area contributed by atoms with Crippen LogP contribution in [0.3, 0.4) is 0 Å². The van der Waals surface area contributed by atoms with Gasteiger partial charge in [0.05, 0.1) is 0 Å². The third-order valence-corrected chi connectivity index (χ3v) is 4.58. The van der Waals surface area contributed by atoms with Crippen LogP contribution in [-0.2, 0) is 10.2 Å². The first kappa shape index (κ1) is 18.6. The summed E-state index contributed by atoms with van der Waals surface area (Å²) < 4.78 is 0. The Kier molecular flexibility index (Phi) is 6.49. The second-order valence-electron chi connectivity index (χ2n) is 6.59. The van der Waals surface area contributed by atoms with Gasteiger partial charge < -0.3 is 16.0 Å². The normalized spacial score (nSPS) is 16.0. The molecule has 5 nitrogen and oxygen atoms in total. The Morgan fingerprint density at radius 3 is 2.54 bits per heavy atom. The lowest BCUT2D eigenvalue weighted by Crippen LogP contribution is -2.44. The van der Waals surface area contributed by atoms with Crippen LogP contribution in [0.2, 0.25) is 5.02 Å². The maximum Gasteiger partial charge on any atom is 0.222 e. The summed E-state index contributed by atoms with van der Waals surface area (Å²) in [5, 5.41) is 10.3. The van der Waals surface area contributed by atoms with E-state index in [1.54, 1.807) is 7.05 Å². The van der Waals surface area contributed by atoms with Crippen molar-refractivity contribution in [1.29, 1.82) is 0 Å². The lowest BCUT2D eigenvalue weighted by molar-refractivity contribution is -0.123. The number of rotatable bonds is 7. The second kappa shape index (κ2) is 8.38. The first-order chi connectivity index (χ1) is 11.5. The van der Waals surface area contributed by atoms with E-state index in [0.29, 0.717) is 13.1 Å². The number of aliphatic imine (C=N–C) groups is 1. The molecule has 2 rings (SSSR count). The minimum Gasteiger partial charge on any atom is -0.356 e. The highest BCUT2D eigenvalue weighted by Gasteiger charge is 2.44. The van der Waals surface area contributed by atoms with E-state index in [-0.39, 0.29) is 17.2 Å². The van der Waals surface area contributed by atoms with Crippen LogP contribution in [0.25, 0.3) is 0 Å². The summed E-state index contributed by atoms with van der Waals surface area (Å²) in [6.07, 6.45) is 2.31. The summed E-state index contributed by atoms with van der Waals surface area (Å²) in [6, 6.07) is 8.09. The van der Waals surface area contributed by atoms with Crippen molar-refractivity contribution < 1.29 is 4.79 Å². The van der Waals surface area contributed by atoms with Gasteiger partial charge in [0.2, 0.25) is 5.91 Å². The van der Waals surface area contributed by atoms with E-state index in [9.17, 15) is 4.79 Å². The highest BCUT2D eigenvalue weighted by Crippen LogP contribution is 2.48. The maximum absolute atomic E-state index is 11.5. The minimum atomic E-state index is 0.00913. The number of hydrogen-bond donors (Lipinski definition) is 3. The predicted octanol–water partition coefficient (Wildman–Crippen LogP) is 2.31. The molecule has 1 aliphatic carbocycles. The molecule has 1 amide bonds. The Morgan fingerprint density at radius 2 is 1.96 bits per heavy atom. The number of hydrogen-bond acceptors (Lipinski definition) is 2. The summed E-state index contributed by atoms with van der Waals surface area (Å²) in [4.78, 5) is 15.7. The van der Waals surface area contributed by atoms with Gasteiger partial charge in [0.1, 0.15) is 0 Å². The molecule has 6 heteroatoms. The molecule has 0 unspecified atom stereocenters. The largest absolute Gasteiger partial charge is 0.356 e. The van der Waals surface area contributed by atoms with Gasteiger partial charge in [0, 0.05) is 43.0 Å². The Morgan fingerprint density at radius 1 is 1.25 bits per heavy atom. The van der Waals surface area contributed by atoms with Gasteiger partial charge in [-0.2, -0.15) is 0 Å². The molecule has 1 aromatic carbocycles. The van der Waals surface area contributed by atoms with Gasteiger partial charge in [-0.25, -0.2) is 0 Å². The van der Waals surface area contributed by atoms with Crippen LogP contribution in [0.5, 0.6) is 0 Å². The van der Waals surface area contributed by atoms with Gasteiger partial charge in [-0.1, -0.05) is 37.6 Å². The van der Waals surface area contributed by atoms with E-state index in [1.807, 2.05) is 32.0 Å². The Balaban J connectivity index is 1.77. The van der Waals surface area contributed by atoms with Crippen molar-refractivity contribution in [3.8, 4) is 0 Å². The zero-order valence-corrected chi connectivity index (χ0v) is 15.4. The Hall–Kier alpha value is -1.75. The molecule has 0 radical (unpaired) electrons. The van der Waals surface area contributed by atoms with Crippen LogP contribution in [0.15, 0.2) is 29.3 Å². The molecule has 0 bridgehead atoms. The van der Waals surface area contributed by atoms with E-state index in [4.69, 9.17) is 11.6 Å². The molecule has 0 spiro atoms. The van der Waals surface area contributed by atoms with Crippen molar-refractivity contribution in [2.24, 2.45) is 10.9 Å². The summed E-state index contributed by atoms with van der Waals surface area (Å²) in [5.74, 6) is 0.828. The SMILES string of the molecule is CN=C(NCCNC(=O)C(C)C)NCC1(c2cccc(Cl)c2)CC1.